The molecule has 2 aliphatic rings. The average molecular weight is 300 g/mol. The van der Waals surface area contributed by atoms with Gasteiger partial charge in [-0.3, -0.25) is 4.79 Å². The molecule has 4 N–H and O–H groups in total. The van der Waals surface area contributed by atoms with Gasteiger partial charge in [-0.25, -0.2) is 4.68 Å². The SMILES string of the molecule is NC(=O)c1nn2c(c1Br)NCC1CNCCC12. The molecule has 1 saturated heterocycles. The molecule has 92 valence electrons. The van der Waals surface area contributed by atoms with E-state index in [1.807, 2.05) is 4.68 Å². The average Bonchev–Trinajstić information content (AvgIpc) is 2.67. The smallest absolute Gasteiger partial charge is 0.270 e. The number of hydrogen-bond donors (Lipinski definition) is 3. The minimum Gasteiger partial charge on any atom is -0.369 e. The van der Waals surface area contributed by atoms with E-state index in [1.54, 1.807) is 0 Å². The fourth-order valence-corrected chi connectivity index (χ4v) is 3.23. The molecule has 0 spiro atoms. The Labute approximate surface area is 107 Å². The summed E-state index contributed by atoms with van der Waals surface area (Å²) in [5.74, 6) is 0.900. The number of rotatable bonds is 1. The number of aromatic nitrogens is 2. The number of hydrogen-bond acceptors (Lipinski definition) is 4. The number of piperidine rings is 1. The number of carbonyl (C=O) groups excluding carboxylic acids is 1. The number of fused-ring (bicyclic) bond motifs is 3. The van der Waals surface area contributed by atoms with Gasteiger partial charge in [-0.2, -0.15) is 5.10 Å². The highest BCUT2D eigenvalue weighted by molar-refractivity contribution is 9.10. The normalized spacial score (nSPS) is 26.9. The number of anilines is 1. The first-order valence-corrected chi connectivity index (χ1v) is 6.50. The highest BCUT2D eigenvalue weighted by atomic mass is 79.9. The number of halogens is 1. The third-order valence-electron chi connectivity index (χ3n) is 3.50. The fraction of sp³-hybridized carbons (Fsp3) is 0.600. The molecule has 2 atom stereocenters. The summed E-state index contributed by atoms with van der Waals surface area (Å²) >= 11 is 3.39. The molecule has 1 fully saturated rings. The molecule has 2 aliphatic heterocycles. The molecule has 3 heterocycles. The summed E-state index contributed by atoms with van der Waals surface area (Å²) < 4.78 is 2.60. The van der Waals surface area contributed by atoms with Gasteiger partial charge in [0.2, 0.25) is 0 Å². The molecule has 1 aromatic rings. The third-order valence-corrected chi connectivity index (χ3v) is 4.25. The van der Waals surface area contributed by atoms with Crippen LogP contribution < -0.4 is 16.4 Å². The van der Waals surface area contributed by atoms with Crippen molar-refractivity contribution in [1.29, 1.82) is 0 Å². The van der Waals surface area contributed by atoms with Crippen LogP contribution in [-0.4, -0.2) is 35.3 Å². The lowest BCUT2D eigenvalue weighted by atomic mass is 9.92. The molecule has 7 heteroatoms. The van der Waals surface area contributed by atoms with Crippen LogP contribution in [0.5, 0.6) is 0 Å². The van der Waals surface area contributed by atoms with E-state index in [4.69, 9.17) is 5.73 Å². The monoisotopic (exact) mass is 299 g/mol. The van der Waals surface area contributed by atoms with Crippen LogP contribution in [0.15, 0.2) is 4.47 Å². The van der Waals surface area contributed by atoms with Crippen molar-refractivity contribution in [3.8, 4) is 0 Å². The van der Waals surface area contributed by atoms with Crippen molar-refractivity contribution < 1.29 is 4.79 Å². The summed E-state index contributed by atoms with van der Waals surface area (Å²) in [6, 6.07) is 0.358. The molecule has 0 saturated carbocycles. The number of nitrogens with one attached hydrogen (secondary N) is 2. The first-order chi connectivity index (χ1) is 8.18. The fourth-order valence-electron chi connectivity index (χ4n) is 2.64. The van der Waals surface area contributed by atoms with Crippen LogP contribution in [0, 0.1) is 5.92 Å². The molecule has 0 aliphatic carbocycles. The maximum atomic E-state index is 11.3. The first kappa shape index (κ1) is 11.0. The van der Waals surface area contributed by atoms with E-state index in [9.17, 15) is 4.79 Å². The second-order valence-corrected chi connectivity index (χ2v) is 5.31. The quantitative estimate of drug-likeness (QED) is 0.697. The van der Waals surface area contributed by atoms with Gasteiger partial charge in [0.25, 0.3) is 5.91 Å². The second kappa shape index (κ2) is 3.99. The summed E-state index contributed by atoms with van der Waals surface area (Å²) in [4.78, 5) is 11.3. The van der Waals surface area contributed by atoms with E-state index in [-0.39, 0.29) is 0 Å². The number of amides is 1. The van der Waals surface area contributed by atoms with Crippen LogP contribution >= 0.6 is 15.9 Å². The molecule has 0 aromatic carbocycles. The minimum atomic E-state index is -0.494. The lowest BCUT2D eigenvalue weighted by Gasteiger charge is -2.37. The van der Waals surface area contributed by atoms with E-state index in [1.165, 1.54) is 0 Å². The number of primary amides is 1. The van der Waals surface area contributed by atoms with Gasteiger partial charge >= 0.3 is 0 Å². The van der Waals surface area contributed by atoms with Crippen LogP contribution in [-0.2, 0) is 0 Å². The Morgan fingerprint density at radius 1 is 1.53 bits per heavy atom. The third kappa shape index (κ3) is 1.64. The number of nitrogens with zero attached hydrogens (tertiary/aromatic N) is 2. The van der Waals surface area contributed by atoms with Crippen molar-refractivity contribution in [1.82, 2.24) is 15.1 Å². The summed E-state index contributed by atoms with van der Waals surface area (Å²) in [6.07, 6.45) is 1.03. The van der Waals surface area contributed by atoms with Crippen molar-refractivity contribution in [2.75, 3.05) is 25.0 Å². The first-order valence-electron chi connectivity index (χ1n) is 5.71. The van der Waals surface area contributed by atoms with Gasteiger partial charge in [0.05, 0.1) is 10.5 Å². The van der Waals surface area contributed by atoms with E-state index in [0.717, 1.165) is 31.9 Å². The van der Waals surface area contributed by atoms with Gasteiger partial charge in [-0.1, -0.05) is 0 Å². The Morgan fingerprint density at radius 3 is 3.12 bits per heavy atom. The molecular formula is C10H14BrN5O. The van der Waals surface area contributed by atoms with E-state index in [2.05, 4.69) is 31.7 Å². The molecule has 17 heavy (non-hydrogen) atoms. The van der Waals surface area contributed by atoms with Gasteiger partial charge in [0.1, 0.15) is 5.82 Å². The predicted molar refractivity (Wildman–Crippen MR) is 66.9 cm³/mol. The van der Waals surface area contributed by atoms with Gasteiger partial charge in [0.15, 0.2) is 5.69 Å². The molecule has 1 aromatic heterocycles. The van der Waals surface area contributed by atoms with Gasteiger partial charge in [0, 0.05) is 19.0 Å². The van der Waals surface area contributed by atoms with Crippen LogP contribution in [0.3, 0.4) is 0 Å². The summed E-state index contributed by atoms with van der Waals surface area (Å²) in [6.45, 7) is 2.88. The Hall–Kier alpha value is -1.08. The minimum absolute atomic E-state index is 0.312. The van der Waals surface area contributed by atoms with E-state index < -0.39 is 5.91 Å². The standard InChI is InChI=1S/C10H14BrN5O/c11-7-8(9(12)17)15-16-6-1-2-13-3-5(6)4-14-10(7)16/h5-6,13-14H,1-4H2,(H2,12,17). The summed E-state index contributed by atoms with van der Waals surface area (Å²) in [5, 5.41) is 11.0. The Kier molecular flexibility index (Phi) is 2.59. The Bertz CT molecular complexity index is 472. The van der Waals surface area contributed by atoms with Gasteiger partial charge in [-0.05, 0) is 28.9 Å². The maximum absolute atomic E-state index is 11.3. The van der Waals surface area contributed by atoms with Crippen LogP contribution in [0.4, 0.5) is 5.82 Å². The maximum Gasteiger partial charge on any atom is 0.270 e. The molecule has 2 unspecified atom stereocenters. The molecule has 1 amide bonds. The van der Waals surface area contributed by atoms with Gasteiger partial charge in [-0.15, -0.1) is 0 Å². The van der Waals surface area contributed by atoms with Crippen molar-refractivity contribution in [2.24, 2.45) is 11.7 Å². The van der Waals surface area contributed by atoms with E-state index in [0.29, 0.717) is 22.1 Å². The second-order valence-electron chi connectivity index (χ2n) is 4.52. The number of carbonyl (C=O) groups is 1. The van der Waals surface area contributed by atoms with Crippen LogP contribution in [0.25, 0.3) is 0 Å². The lowest BCUT2D eigenvalue weighted by molar-refractivity contribution is 0.0993. The van der Waals surface area contributed by atoms with Gasteiger partial charge < -0.3 is 16.4 Å². The summed E-state index contributed by atoms with van der Waals surface area (Å²) in [5.41, 5.74) is 5.62. The molecule has 0 radical (unpaired) electrons. The summed E-state index contributed by atoms with van der Waals surface area (Å²) in [7, 11) is 0. The Balaban J connectivity index is 2.05. The topological polar surface area (TPSA) is 85.0 Å². The molecule has 0 bridgehead atoms. The molecular weight excluding hydrogens is 286 g/mol. The van der Waals surface area contributed by atoms with Crippen LogP contribution in [0.1, 0.15) is 23.0 Å². The van der Waals surface area contributed by atoms with Crippen LogP contribution in [0.2, 0.25) is 0 Å². The number of nitrogens with two attached hydrogens (primary N) is 1. The van der Waals surface area contributed by atoms with Crippen molar-refractivity contribution in [3.05, 3.63) is 10.2 Å². The van der Waals surface area contributed by atoms with Crippen molar-refractivity contribution in [2.45, 2.75) is 12.5 Å². The molecule has 6 nitrogen and oxygen atoms in total. The predicted octanol–water partition coefficient (Wildman–Crippen LogP) is 0.321. The van der Waals surface area contributed by atoms with Crippen molar-refractivity contribution in [3.63, 3.8) is 0 Å². The highest BCUT2D eigenvalue weighted by Gasteiger charge is 2.35. The molecule has 3 rings (SSSR count). The zero-order valence-electron chi connectivity index (χ0n) is 9.24. The largest absolute Gasteiger partial charge is 0.369 e. The highest BCUT2D eigenvalue weighted by Crippen LogP contribution is 2.37. The van der Waals surface area contributed by atoms with E-state index >= 15 is 0 Å². The zero-order chi connectivity index (χ0) is 12.0. The zero-order valence-corrected chi connectivity index (χ0v) is 10.8. The lowest BCUT2D eigenvalue weighted by Crippen LogP contribution is -2.44. The Morgan fingerprint density at radius 2 is 2.35 bits per heavy atom. The van der Waals surface area contributed by atoms with Crippen molar-refractivity contribution >= 4 is 27.7 Å².